The minimum absolute atomic E-state index is 0.132. The van der Waals surface area contributed by atoms with Gasteiger partial charge in [-0.25, -0.2) is 0 Å². The molecule has 0 heterocycles. The number of unbranched alkanes of at least 4 members (excludes halogenated alkanes) is 2. The highest BCUT2D eigenvalue weighted by molar-refractivity contribution is 5.69. The number of rotatable bonds is 8. The molecule has 0 aliphatic rings. The number of ether oxygens (including phenoxy) is 2. The quantitative estimate of drug-likeness (QED) is 0.522. The highest BCUT2D eigenvalue weighted by Crippen LogP contribution is 2.09. The van der Waals surface area contributed by atoms with E-state index in [4.69, 9.17) is 9.47 Å². The van der Waals surface area contributed by atoms with Gasteiger partial charge in [0.25, 0.3) is 0 Å². The van der Waals surface area contributed by atoms with Gasteiger partial charge in [-0.05, 0) is 25.5 Å². The number of esters is 1. The smallest absolute Gasteiger partial charge is 0.306 e. The van der Waals surface area contributed by atoms with Crippen LogP contribution in [0.4, 0.5) is 0 Å². The number of carbonyl (C=O) groups excluding carboxylic acids is 1. The van der Waals surface area contributed by atoms with Gasteiger partial charge in [-0.2, -0.15) is 0 Å². The summed E-state index contributed by atoms with van der Waals surface area (Å²) in [6.45, 7) is 4.35. The minimum Gasteiger partial charge on any atom is -0.490 e. The Balaban J connectivity index is 2.17. The molecule has 0 amide bonds. The van der Waals surface area contributed by atoms with Crippen LogP contribution in [0.2, 0.25) is 0 Å². The second-order valence-corrected chi connectivity index (χ2v) is 4.38. The van der Waals surface area contributed by atoms with Gasteiger partial charge in [-0.15, -0.1) is 0 Å². The van der Waals surface area contributed by atoms with Crippen LogP contribution in [0.5, 0.6) is 5.75 Å². The molecule has 0 aliphatic heterocycles. The van der Waals surface area contributed by atoms with Crippen LogP contribution in [0.25, 0.3) is 0 Å². The molecule has 0 aromatic heterocycles. The van der Waals surface area contributed by atoms with Crippen molar-refractivity contribution in [2.45, 2.75) is 45.6 Å². The molecule has 0 fully saturated rings. The average molecular weight is 250 g/mol. The first-order chi connectivity index (χ1) is 8.72. The number of benzene rings is 1. The van der Waals surface area contributed by atoms with Crippen molar-refractivity contribution in [3.05, 3.63) is 30.3 Å². The number of carbonyl (C=O) groups is 1. The van der Waals surface area contributed by atoms with Crippen molar-refractivity contribution in [3.8, 4) is 5.75 Å². The Morgan fingerprint density at radius 1 is 1.22 bits per heavy atom. The molecule has 0 unspecified atom stereocenters. The predicted molar refractivity (Wildman–Crippen MR) is 71.6 cm³/mol. The fraction of sp³-hybridized carbons (Fsp3) is 0.533. The van der Waals surface area contributed by atoms with Crippen LogP contribution in [0.1, 0.15) is 39.5 Å². The van der Waals surface area contributed by atoms with E-state index in [1.165, 1.54) is 0 Å². The number of hydrogen-bond acceptors (Lipinski definition) is 3. The molecule has 0 N–H and O–H groups in total. The molecule has 0 bridgehead atoms. The van der Waals surface area contributed by atoms with E-state index >= 15 is 0 Å². The normalized spacial score (nSPS) is 11.9. The van der Waals surface area contributed by atoms with Crippen molar-refractivity contribution in [2.75, 3.05) is 6.61 Å². The molecule has 18 heavy (non-hydrogen) atoms. The van der Waals surface area contributed by atoms with Crippen LogP contribution in [0.3, 0.4) is 0 Å². The van der Waals surface area contributed by atoms with Gasteiger partial charge in [0.1, 0.15) is 18.5 Å². The molecule has 0 spiro atoms. The van der Waals surface area contributed by atoms with Crippen molar-refractivity contribution in [1.29, 1.82) is 0 Å². The summed E-state index contributed by atoms with van der Waals surface area (Å²) in [5.41, 5.74) is 0. The van der Waals surface area contributed by atoms with Crippen molar-refractivity contribution in [3.63, 3.8) is 0 Å². The van der Waals surface area contributed by atoms with E-state index in [9.17, 15) is 4.79 Å². The fourth-order valence-corrected chi connectivity index (χ4v) is 1.57. The van der Waals surface area contributed by atoms with Crippen molar-refractivity contribution in [2.24, 2.45) is 0 Å². The van der Waals surface area contributed by atoms with Gasteiger partial charge in [0.05, 0.1) is 0 Å². The SMILES string of the molecule is CCCCCC(=O)O[C@H](C)COc1ccccc1. The summed E-state index contributed by atoms with van der Waals surface area (Å²) in [7, 11) is 0. The standard InChI is InChI=1S/C15H22O3/c1-3-4-6-11-15(16)18-13(2)12-17-14-9-7-5-8-10-14/h5,7-10,13H,3-4,6,11-12H2,1-2H3/t13-/m1/s1. The van der Waals surface area contributed by atoms with Gasteiger partial charge in [0.15, 0.2) is 0 Å². The lowest BCUT2D eigenvalue weighted by molar-refractivity contribution is -0.149. The lowest BCUT2D eigenvalue weighted by Gasteiger charge is -2.14. The maximum absolute atomic E-state index is 11.5. The van der Waals surface area contributed by atoms with Crippen molar-refractivity contribution < 1.29 is 14.3 Å². The lowest BCUT2D eigenvalue weighted by atomic mass is 10.2. The molecular weight excluding hydrogens is 228 g/mol. The highest BCUT2D eigenvalue weighted by atomic mass is 16.6. The van der Waals surface area contributed by atoms with Gasteiger partial charge >= 0.3 is 5.97 Å². The number of para-hydroxylation sites is 1. The predicted octanol–water partition coefficient (Wildman–Crippen LogP) is 3.58. The summed E-state index contributed by atoms with van der Waals surface area (Å²) in [6.07, 6.45) is 3.38. The lowest BCUT2D eigenvalue weighted by Crippen LogP contribution is -2.21. The molecule has 1 aromatic rings. The van der Waals surface area contributed by atoms with E-state index in [-0.39, 0.29) is 12.1 Å². The van der Waals surface area contributed by atoms with Crippen molar-refractivity contribution in [1.82, 2.24) is 0 Å². The molecule has 0 aliphatic carbocycles. The maximum atomic E-state index is 11.5. The first-order valence-electron chi connectivity index (χ1n) is 6.59. The average Bonchev–Trinajstić information content (AvgIpc) is 2.38. The zero-order chi connectivity index (χ0) is 13.2. The van der Waals surface area contributed by atoms with Crippen LogP contribution in [-0.4, -0.2) is 18.7 Å². The molecule has 1 atom stereocenters. The fourth-order valence-electron chi connectivity index (χ4n) is 1.57. The zero-order valence-electron chi connectivity index (χ0n) is 11.2. The van der Waals surface area contributed by atoms with E-state index in [2.05, 4.69) is 6.92 Å². The monoisotopic (exact) mass is 250 g/mol. The van der Waals surface area contributed by atoms with Gasteiger partial charge in [0, 0.05) is 6.42 Å². The van der Waals surface area contributed by atoms with Crippen LogP contribution >= 0.6 is 0 Å². The molecule has 0 radical (unpaired) electrons. The zero-order valence-corrected chi connectivity index (χ0v) is 11.2. The summed E-state index contributed by atoms with van der Waals surface area (Å²) >= 11 is 0. The van der Waals surface area contributed by atoms with E-state index in [0.29, 0.717) is 13.0 Å². The second-order valence-electron chi connectivity index (χ2n) is 4.38. The van der Waals surface area contributed by atoms with Gasteiger partial charge in [-0.3, -0.25) is 4.79 Å². The van der Waals surface area contributed by atoms with E-state index in [1.54, 1.807) is 0 Å². The summed E-state index contributed by atoms with van der Waals surface area (Å²) in [6, 6.07) is 9.53. The topological polar surface area (TPSA) is 35.5 Å². The van der Waals surface area contributed by atoms with Crippen molar-refractivity contribution >= 4 is 5.97 Å². The van der Waals surface area contributed by atoms with Crippen LogP contribution in [-0.2, 0) is 9.53 Å². The van der Waals surface area contributed by atoms with E-state index in [1.807, 2.05) is 37.3 Å². The molecule has 0 saturated heterocycles. The Morgan fingerprint density at radius 2 is 1.94 bits per heavy atom. The van der Waals surface area contributed by atoms with Crippen LogP contribution in [0.15, 0.2) is 30.3 Å². The number of hydrogen-bond donors (Lipinski definition) is 0. The van der Waals surface area contributed by atoms with E-state index < -0.39 is 0 Å². The summed E-state index contributed by atoms with van der Waals surface area (Å²) < 4.78 is 10.8. The second kappa shape index (κ2) is 8.56. The Bertz CT molecular complexity index is 335. The molecule has 100 valence electrons. The molecular formula is C15H22O3. The Kier molecular flexibility index (Phi) is 6.92. The maximum Gasteiger partial charge on any atom is 0.306 e. The van der Waals surface area contributed by atoms with Gasteiger partial charge < -0.3 is 9.47 Å². The molecule has 0 saturated carbocycles. The Morgan fingerprint density at radius 3 is 2.61 bits per heavy atom. The Hall–Kier alpha value is -1.51. The molecule has 1 aromatic carbocycles. The third-order valence-corrected chi connectivity index (χ3v) is 2.54. The summed E-state index contributed by atoms with van der Waals surface area (Å²) in [5.74, 6) is 0.666. The molecule has 3 nitrogen and oxygen atoms in total. The highest BCUT2D eigenvalue weighted by Gasteiger charge is 2.09. The third kappa shape index (κ3) is 6.28. The van der Waals surface area contributed by atoms with Crippen LogP contribution < -0.4 is 4.74 Å². The largest absolute Gasteiger partial charge is 0.490 e. The minimum atomic E-state index is -0.209. The summed E-state index contributed by atoms with van der Waals surface area (Å²) in [5, 5.41) is 0. The van der Waals surface area contributed by atoms with Crippen LogP contribution in [0, 0.1) is 0 Å². The van der Waals surface area contributed by atoms with Gasteiger partial charge in [-0.1, -0.05) is 38.0 Å². The summed E-state index contributed by atoms with van der Waals surface area (Å²) in [4.78, 5) is 11.5. The Labute approximate surface area is 109 Å². The first kappa shape index (κ1) is 14.6. The van der Waals surface area contributed by atoms with E-state index in [0.717, 1.165) is 25.0 Å². The third-order valence-electron chi connectivity index (χ3n) is 2.54. The molecule has 3 heteroatoms. The first-order valence-corrected chi connectivity index (χ1v) is 6.59. The van der Waals surface area contributed by atoms with Gasteiger partial charge in [0.2, 0.25) is 0 Å². The molecule has 1 rings (SSSR count).